The highest BCUT2D eigenvalue weighted by Crippen LogP contribution is 2.13. The third kappa shape index (κ3) is 10.9. The Balaban J connectivity index is 3.57. The molecule has 19 heavy (non-hydrogen) atoms. The Bertz CT molecular complexity index is 220. The fraction of sp³-hybridized carbons (Fsp3) is 0.929. The summed E-state index contributed by atoms with van der Waals surface area (Å²) in [5.74, 6) is 0.175. The Kier molecular flexibility index (Phi) is 12.0. The second-order valence-electron chi connectivity index (χ2n) is 4.76. The highest BCUT2D eigenvalue weighted by molar-refractivity contribution is 5.69. The number of carbonyl (C=O) groups is 1. The summed E-state index contributed by atoms with van der Waals surface area (Å²) >= 11 is 0. The first kappa shape index (κ1) is 18.4. The maximum Gasteiger partial charge on any atom is 0.308 e. The van der Waals surface area contributed by atoms with Crippen LogP contribution in [0.4, 0.5) is 0 Å². The third-order valence-corrected chi connectivity index (χ3v) is 2.99. The number of esters is 1. The largest absolute Gasteiger partial charge is 0.465 e. The van der Waals surface area contributed by atoms with Gasteiger partial charge in [-0.3, -0.25) is 4.79 Å². The van der Waals surface area contributed by atoms with Gasteiger partial charge >= 0.3 is 5.97 Å². The van der Waals surface area contributed by atoms with E-state index in [0.29, 0.717) is 12.5 Å². The van der Waals surface area contributed by atoms with Crippen molar-refractivity contribution < 1.29 is 24.5 Å². The molecule has 0 aliphatic carbocycles. The second kappa shape index (κ2) is 12.4. The van der Waals surface area contributed by atoms with Gasteiger partial charge in [-0.25, -0.2) is 0 Å². The molecule has 0 saturated carbocycles. The summed E-state index contributed by atoms with van der Waals surface area (Å²) in [6.07, 6.45) is 3.74. The topological polar surface area (TPSA) is 76.0 Å². The molecule has 114 valence electrons. The molecule has 2 atom stereocenters. The van der Waals surface area contributed by atoms with Crippen LogP contribution >= 0.6 is 0 Å². The molecule has 0 amide bonds. The lowest BCUT2D eigenvalue weighted by Gasteiger charge is -2.14. The summed E-state index contributed by atoms with van der Waals surface area (Å²) in [5, 5.41) is 17.6. The van der Waals surface area contributed by atoms with Crippen molar-refractivity contribution in [1.82, 2.24) is 0 Å². The van der Waals surface area contributed by atoms with Gasteiger partial charge in [0.1, 0.15) is 6.10 Å². The zero-order valence-corrected chi connectivity index (χ0v) is 12.1. The van der Waals surface area contributed by atoms with Gasteiger partial charge in [-0.2, -0.15) is 0 Å². The van der Waals surface area contributed by atoms with Gasteiger partial charge in [0.25, 0.3) is 0 Å². The minimum Gasteiger partial charge on any atom is -0.465 e. The molecule has 0 saturated heterocycles. The maximum atomic E-state index is 11.4. The average molecular weight is 276 g/mol. The molecule has 2 unspecified atom stereocenters. The van der Waals surface area contributed by atoms with E-state index in [4.69, 9.17) is 19.7 Å². The van der Waals surface area contributed by atoms with Gasteiger partial charge < -0.3 is 19.7 Å². The quantitative estimate of drug-likeness (QED) is 0.417. The Morgan fingerprint density at radius 3 is 2.58 bits per heavy atom. The van der Waals surface area contributed by atoms with Gasteiger partial charge in [0.05, 0.1) is 32.8 Å². The van der Waals surface area contributed by atoms with E-state index in [9.17, 15) is 4.79 Å². The number of aliphatic hydroxyl groups excluding tert-OH is 2. The highest BCUT2D eigenvalue weighted by atomic mass is 16.5. The van der Waals surface area contributed by atoms with Gasteiger partial charge in [-0.05, 0) is 12.3 Å². The van der Waals surface area contributed by atoms with Crippen LogP contribution in [-0.2, 0) is 14.3 Å². The molecule has 0 aliphatic rings. The lowest BCUT2D eigenvalue weighted by molar-refractivity contribution is -0.146. The number of hydrogen-bond donors (Lipinski definition) is 2. The molecule has 0 heterocycles. The van der Waals surface area contributed by atoms with Crippen LogP contribution in [0.15, 0.2) is 0 Å². The van der Waals surface area contributed by atoms with Crippen LogP contribution in [0.25, 0.3) is 0 Å². The SMILES string of the molecule is CCCCC(CC)COC(=O)CCOCC(O)CO. The molecule has 0 radical (unpaired) electrons. The summed E-state index contributed by atoms with van der Waals surface area (Å²) in [5.41, 5.74) is 0. The fourth-order valence-electron chi connectivity index (χ4n) is 1.61. The molecule has 5 heteroatoms. The van der Waals surface area contributed by atoms with Crippen molar-refractivity contribution >= 4 is 5.97 Å². The second-order valence-corrected chi connectivity index (χ2v) is 4.76. The number of carbonyl (C=O) groups excluding carboxylic acids is 1. The summed E-state index contributed by atoms with van der Waals surface area (Å²) in [6.45, 7) is 4.65. The van der Waals surface area contributed by atoms with E-state index < -0.39 is 6.10 Å². The van der Waals surface area contributed by atoms with Gasteiger partial charge in [-0.15, -0.1) is 0 Å². The van der Waals surface area contributed by atoms with E-state index in [-0.39, 0.29) is 32.2 Å². The standard InChI is InChI=1S/C14H28O5/c1-3-5-6-12(4-2)10-19-14(17)7-8-18-11-13(16)9-15/h12-13,15-16H,3-11H2,1-2H3. The molecular weight excluding hydrogens is 248 g/mol. The highest BCUT2D eigenvalue weighted by Gasteiger charge is 2.10. The van der Waals surface area contributed by atoms with Gasteiger partial charge in [0.15, 0.2) is 0 Å². The molecular formula is C14H28O5. The van der Waals surface area contributed by atoms with E-state index in [1.165, 1.54) is 0 Å². The van der Waals surface area contributed by atoms with Crippen LogP contribution in [0.3, 0.4) is 0 Å². The van der Waals surface area contributed by atoms with E-state index in [0.717, 1.165) is 25.7 Å². The monoisotopic (exact) mass is 276 g/mol. The van der Waals surface area contributed by atoms with Gasteiger partial charge in [-0.1, -0.05) is 33.1 Å². The minimum absolute atomic E-state index is 0.0395. The van der Waals surface area contributed by atoms with Crippen molar-refractivity contribution in [3.8, 4) is 0 Å². The Morgan fingerprint density at radius 2 is 2.00 bits per heavy atom. The van der Waals surface area contributed by atoms with Crippen LogP contribution in [-0.4, -0.2) is 48.7 Å². The Labute approximate surface area is 115 Å². The van der Waals surface area contributed by atoms with Crippen molar-refractivity contribution in [2.75, 3.05) is 26.4 Å². The summed E-state index contributed by atoms with van der Waals surface area (Å²) < 4.78 is 10.2. The average Bonchev–Trinajstić information content (AvgIpc) is 2.43. The van der Waals surface area contributed by atoms with Gasteiger partial charge in [0, 0.05) is 0 Å². The molecule has 0 aromatic rings. The lowest BCUT2D eigenvalue weighted by Crippen LogP contribution is -2.21. The Morgan fingerprint density at radius 1 is 1.26 bits per heavy atom. The molecule has 0 bridgehead atoms. The summed E-state index contributed by atoms with van der Waals surface area (Å²) in [4.78, 5) is 11.4. The van der Waals surface area contributed by atoms with Crippen molar-refractivity contribution in [1.29, 1.82) is 0 Å². The minimum atomic E-state index is -0.880. The van der Waals surface area contributed by atoms with Gasteiger partial charge in [0.2, 0.25) is 0 Å². The number of aliphatic hydroxyl groups is 2. The van der Waals surface area contributed by atoms with Crippen molar-refractivity contribution in [3.05, 3.63) is 0 Å². The maximum absolute atomic E-state index is 11.4. The van der Waals surface area contributed by atoms with E-state index in [2.05, 4.69) is 13.8 Å². The number of unbranched alkanes of at least 4 members (excludes halogenated alkanes) is 1. The molecule has 0 aromatic heterocycles. The number of ether oxygens (including phenoxy) is 2. The predicted octanol–water partition coefficient (Wildman–Crippen LogP) is 1.51. The zero-order valence-electron chi connectivity index (χ0n) is 12.1. The van der Waals surface area contributed by atoms with Crippen LogP contribution in [0.1, 0.15) is 46.0 Å². The van der Waals surface area contributed by atoms with Crippen LogP contribution in [0, 0.1) is 5.92 Å². The summed E-state index contributed by atoms with van der Waals surface area (Å²) in [7, 11) is 0. The van der Waals surface area contributed by atoms with E-state index in [1.54, 1.807) is 0 Å². The first-order valence-electron chi connectivity index (χ1n) is 7.16. The third-order valence-electron chi connectivity index (χ3n) is 2.99. The number of hydrogen-bond acceptors (Lipinski definition) is 5. The van der Waals surface area contributed by atoms with Crippen LogP contribution < -0.4 is 0 Å². The van der Waals surface area contributed by atoms with Crippen LogP contribution in [0.5, 0.6) is 0 Å². The zero-order chi connectivity index (χ0) is 14.5. The molecule has 0 fully saturated rings. The molecule has 0 aromatic carbocycles. The molecule has 0 rings (SSSR count). The smallest absolute Gasteiger partial charge is 0.308 e. The molecule has 5 nitrogen and oxygen atoms in total. The fourth-order valence-corrected chi connectivity index (χ4v) is 1.61. The molecule has 0 aliphatic heterocycles. The Hall–Kier alpha value is -0.650. The van der Waals surface area contributed by atoms with E-state index >= 15 is 0 Å². The van der Waals surface area contributed by atoms with E-state index in [1.807, 2.05) is 0 Å². The molecule has 2 N–H and O–H groups in total. The van der Waals surface area contributed by atoms with Crippen molar-refractivity contribution in [3.63, 3.8) is 0 Å². The van der Waals surface area contributed by atoms with Crippen LogP contribution in [0.2, 0.25) is 0 Å². The molecule has 0 spiro atoms. The normalized spacial score (nSPS) is 14.1. The number of rotatable bonds is 12. The predicted molar refractivity (Wildman–Crippen MR) is 72.8 cm³/mol. The summed E-state index contributed by atoms with van der Waals surface area (Å²) in [6, 6.07) is 0. The van der Waals surface area contributed by atoms with Crippen molar-refractivity contribution in [2.24, 2.45) is 5.92 Å². The first-order valence-corrected chi connectivity index (χ1v) is 7.16. The van der Waals surface area contributed by atoms with Crippen molar-refractivity contribution in [2.45, 2.75) is 52.1 Å². The first-order chi connectivity index (χ1) is 9.13. The lowest BCUT2D eigenvalue weighted by atomic mass is 10.0.